The predicted molar refractivity (Wildman–Crippen MR) is 163 cm³/mol. The van der Waals surface area contributed by atoms with Crippen LogP contribution in [0.3, 0.4) is 0 Å². The molecule has 0 aromatic heterocycles. The summed E-state index contributed by atoms with van der Waals surface area (Å²) in [7, 11) is 0. The summed E-state index contributed by atoms with van der Waals surface area (Å²) in [6.45, 7) is 1.31. The molecule has 1 amide bonds. The molecule has 0 aliphatic heterocycles. The zero-order valence-electron chi connectivity index (χ0n) is 25.1. The van der Waals surface area contributed by atoms with E-state index in [0.29, 0.717) is 50.5 Å². The molecule has 0 heterocycles. The number of esters is 1. The highest BCUT2D eigenvalue weighted by Gasteiger charge is 2.40. The van der Waals surface area contributed by atoms with Crippen molar-refractivity contribution in [1.29, 1.82) is 0 Å². The van der Waals surface area contributed by atoms with Crippen LogP contribution in [0.1, 0.15) is 69.4 Å². The highest BCUT2D eigenvalue weighted by molar-refractivity contribution is 5.85. The molecule has 1 aliphatic rings. The van der Waals surface area contributed by atoms with E-state index in [-0.39, 0.29) is 36.5 Å². The number of rotatable bonds is 18. The molecule has 0 bridgehead atoms. The van der Waals surface area contributed by atoms with Gasteiger partial charge in [-0.1, -0.05) is 54.6 Å². The summed E-state index contributed by atoms with van der Waals surface area (Å²) >= 11 is 0. The summed E-state index contributed by atoms with van der Waals surface area (Å²) in [6.07, 6.45) is 7.41. The van der Waals surface area contributed by atoms with Crippen LogP contribution in [0.25, 0.3) is 0 Å². The Kier molecular flexibility index (Phi) is 14.3. The zero-order chi connectivity index (χ0) is 31.9. The average molecular weight is 613 g/mol. The molecule has 0 spiro atoms. The predicted octanol–water partition coefficient (Wildman–Crippen LogP) is 4.05. The van der Waals surface area contributed by atoms with Crippen LogP contribution in [-0.2, 0) is 27.5 Å². The molecule has 11 nitrogen and oxygen atoms in total. The van der Waals surface area contributed by atoms with Crippen molar-refractivity contribution in [2.45, 2.75) is 95.7 Å². The maximum atomic E-state index is 12.3. The Balaban J connectivity index is 1.31. The first kappa shape index (κ1) is 34.7. The molecule has 1 fully saturated rings. The summed E-state index contributed by atoms with van der Waals surface area (Å²) in [5.41, 5.74) is 1.73. The number of carbonyl (C=O) groups excluding carboxylic acids is 2. The van der Waals surface area contributed by atoms with E-state index in [1.165, 1.54) is 36.8 Å². The number of benzene rings is 2. The number of allylic oxidation sites excluding steroid dienone is 2. The number of nitrogens with zero attached hydrogens (tertiary/aromatic N) is 1. The fourth-order valence-electron chi connectivity index (χ4n) is 5.52. The number of aliphatic hydroxyl groups excluding tert-OH is 3. The number of ether oxygens (including phenoxy) is 1. The minimum atomic E-state index is -0.887. The van der Waals surface area contributed by atoms with Crippen molar-refractivity contribution < 1.29 is 39.6 Å². The van der Waals surface area contributed by atoms with Gasteiger partial charge in [0.05, 0.1) is 18.3 Å². The number of hydrogen-bond donors (Lipinski definition) is 4. The van der Waals surface area contributed by atoms with Gasteiger partial charge < -0.3 is 30.2 Å². The lowest BCUT2D eigenvalue weighted by Crippen LogP contribution is -2.40. The number of nitrogens with one attached hydrogen (secondary N) is 1. The van der Waals surface area contributed by atoms with Crippen LogP contribution in [0.2, 0.25) is 0 Å². The van der Waals surface area contributed by atoms with E-state index in [4.69, 9.17) is 4.74 Å². The monoisotopic (exact) mass is 612 g/mol. The fraction of sp³-hybridized carbons (Fsp3) is 0.515. The van der Waals surface area contributed by atoms with E-state index in [1.54, 1.807) is 0 Å². The number of amides is 1. The molecule has 240 valence electrons. The highest BCUT2D eigenvalue weighted by Crippen LogP contribution is 2.38. The maximum Gasteiger partial charge on any atom is 0.333 e. The van der Waals surface area contributed by atoms with Crippen molar-refractivity contribution in [3.63, 3.8) is 0 Å². The minimum Gasteiger partial charge on any atom is -0.425 e. The Morgan fingerprint density at radius 1 is 1.02 bits per heavy atom. The summed E-state index contributed by atoms with van der Waals surface area (Å²) in [5, 5.41) is 43.5. The lowest BCUT2D eigenvalue weighted by molar-refractivity contribution is -0.763. The van der Waals surface area contributed by atoms with Crippen molar-refractivity contribution in [2.24, 2.45) is 11.8 Å². The van der Waals surface area contributed by atoms with Gasteiger partial charge in [-0.3, -0.25) is 4.79 Å². The van der Waals surface area contributed by atoms with Gasteiger partial charge in [-0.2, -0.15) is 0 Å². The molecule has 0 saturated heterocycles. The first-order valence-electron chi connectivity index (χ1n) is 15.2. The Morgan fingerprint density at radius 2 is 1.73 bits per heavy atom. The Hall–Kier alpha value is -3.80. The minimum absolute atomic E-state index is 0.0754. The second kappa shape index (κ2) is 18.1. The molecule has 2 aromatic carbocycles. The van der Waals surface area contributed by atoms with Gasteiger partial charge in [0.1, 0.15) is 18.4 Å². The Labute approximate surface area is 258 Å². The number of hydrogen-bond acceptors (Lipinski definition) is 9. The summed E-state index contributed by atoms with van der Waals surface area (Å²) in [6, 6.07) is 15.2. The topological polar surface area (TPSA) is 168 Å². The molecule has 1 aliphatic carbocycles. The molecule has 11 heteroatoms. The van der Waals surface area contributed by atoms with Crippen LogP contribution in [0, 0.1) is 22.0 Å². The molecule has 1 saturated carbocycles. The van der Waals surface area contributed by atoms with Crippen molar-refractivity contribution in [3.8, 4) is 5.75 Å². The zero-order valence-corrected chi connectivity index (χ0v) is 25.1. The van der Waals surface area contributed by atoms with Gasteiger partial charge in [-0.25, -0.2) is 4.79 Å². The van der Waals surface area contributed by atoms with Crippen molar-refractivity contribution in [3.05, 3.63) is 88.0 Å². The lowest BCUT2D eigenvalue weighted by Gasteiger charge is -2.23. The van der Waals surface area contributed by atoms with Crippen LogP contribution in [0.15, 0.2) is 66.7 Å². The maximum absolute atomic E-state index is 12.3. The number of aryl methyl sites for hydroxylation is 1. The third-order valence-corrected chi connectivity index (χ3v) is 8.02. The lowest BCUT2D eigenvalue weighted by atomic mass is 9.85. The first-order chi connectivity index (χ1) is 21.1. The highest BCUT2D eigenvalue weighted by atomic mass is 16.9. The number of carbonyl (C=O) groups is 2. The second-order valence-corrected chi connectivity index (χ2v) is 11.4. The van der Waals surface area contributed by atoms with E-state index in [2.05, 4.69) is 10.2 Å². The SMILES string of the molecule is CC(NC(=O)CCC/C=C\C[C@@H]1[C@@H](CC[C@@H](O)CCc2ccccc2)[C@H](O)C[C@@H]1O)C(=O)Oc1ccc(CO[N+](=O)[O-])cc1. The van der Waals surface area contributed by atoms with E-state index in [1.807, 2.05) is 42.5 Å². The van der Waals surface area contributed by atoms with E-state index in [0.717, 1.165) is 6.42 Å². The normalized spacial score (nSPS) is 21.1. The standard InChI is InChI=1S/C33H44N2O9/c1-23(33(40)44-27-18-14-25(15-19-27)22-43-35(41)42)34-32(39)12-8-3-2-7-11-28-29(31(38)21-30(28)37)20-17-26(36)16-13-24-9-5-4-6-10-24/h2,4-7,9-10,14-15,18-19,23,26,28-31,36-38H,3,8,11-13,16-17,20-22H2,1H3,(H,34,39)/b7-2-/t23?,26-,28+,29+,30-,31+/m0/s1. The quantitative estimate of drug-likeness (QED) is 0.0485. The summed E-state index contributed by atoms with van der Waals surface area (Å²) < 4.78 is 5.26. The van der Waals surface area contributed by atoms with Crippen LogP contribution in [0.4, 0.5) is 0 Å². The number of unbranched alkanes of at least 4 members (excludes halogenated alkanes) is 1. The Bertz CT molecular complexity index is 1210. The van der Waals surface area contributed by atoms with Gasteiger partial charge in [0.15, 0.2) is 0 Å². The van der Waals surface area contributed by atoms with Crippen LogP contribution < -0.4 is 10.1 Å². The van der Waals surface area contributed by atoms with E-state index >= 15 is 0 Å². The molecule has 2 aromatic rings. The molecule has 3 rings (SSSR count). The molecule has 4 N–H and O–H groups in total. The molecular weight excluding hydrogens is 568 g/mol. The fourth-order valence-corrected chi connectivity index (χ4v) is 5.52. The van der Waals surface area contributed by atoms with Crippen LogP contribution >= 0.6 is 0 Å². The van der Waals surface area contributed by atoms with Gasteiger partial charge in [-0.15, -0.1) is 10.1 Å². The molecular formula is C33H44N2O9. The second-order valence-electron chi connectivity index (χ2n) is 11.4. The molecule has 6 atom stereocenters. The van der Waals surface area contributed by atoms with E-state index < -0.39 is 35.4 Å². The third kappa shape index (κ3) is 12.1. The van der Waals surface area contributed by atoms with Crippen molar-refractivity contribution in [2.75, 3.05) is 0 Å². The summed E-state index contributed by atoms with van der Waals surface area (Å²) in [4.78, 5) is 39.2. The average Bonchev–Trinajstić information content (AvgIpc) is 3.27. The smallest absolute Gasteiger partial charge is 0.333 e. The largest absolute Gasteiger partial charge is 0.425 e. The molecule has 1 unspecified atom stereocenters. The summed E-state index contributed by atoms with van der Waals surface area (Å²) in [5.74, 6) is -0.831. The van der Waals surface area contributed by atoms with E-state index in [9.17, 15) is 35.0 Å². The van der Waals surface area contributed by atoms with Gasteiger partial charge in [0.25, 0.3) is 5.09 Å². The molecule has 44 heavy (non-hydrogen) atoms. The first-order valence-corrected chi connectivity index (χ1v) is 15.2. The molecule has 0 radical (unpaired) electrons. The van der Waals surface area contributed by atoms with Gasteiger partial charge >= 0.3 is 5.97 Å². The Morgan fingerprint density at radius 3 is 2.43 bits per heavy atom. The van der Waals surface area contributed by atoms with Crippen LogP contribution in [0.5, 0.6) is 5.75 Å². The van der Waals surface area contributed by atoms with Crippen molar-refractivity contribution in [1.82, 2.24) is 5.32 Å². The number of aliphatic hydroxyl groups is 3. The third-order valence-electron chi connectivity index (χ3n) is 8.02. The van der Waals surface area contributed by atoms with Gasteiger partial charge in [0, 0.05) is 6.42 Å². The van der Waals surface area contributed by atoms with Crippen molar-refractivity contribution >= 4 is 11.9 Å². The van der Waals surface area contributed by atoms with Gasteiger partial charge in [-0.05, 0) is 93.4 Å². The van der Waals surface area contributed by atoms with Gasteiger partial charge in [0.2, 0.25) is 5.91 Å². The van der Waals surface area contributed by atoms with Crippen LogP contribution in [-0.4, -0.2) is 56.6 Å².